The Morgan fingerprint density at radius 1 is 1.32 bits per heavy atom. The van der Waals surface area contributed by atoms with Crippen LogP contribution in [0.1, 0.15) is 5.82 Å². The van der Waals surface area contributed by atoms with Gasteiger partial charge < -0.3 is 9.47 Å². The zero-order valence-corrected chi connectivity index (χ0v) is 11.1. The van der Waals surface area contributed by atoms with Gasteiger partial charge in [-0.3, -0.25) is 4.90 Å². The average Bonchev–Trinajstić information content (AvgIpc) is 2.89. The normalized spacial score (nSPS) is 16.9. The van der Waals surface area contributed by atoms with Crippen molar-refractivity contribution >= 4 is 5.65 Å². The van der Waals surface area contributed by atoms with E-state index in [9.17, 15) is 0 Å². The second-order valence-corrected chi connectivity index (χ2v) is 4.57. The van der Waals surface area contributed by atoms with Gasteiger partial charge in [-0.25, -0.2) is 4.98 Å². The maximum absolute atomic E-state index is 5.34. The number of morpholine rings is 1. The highest BCUT2D eigenvalue weighted by atomic mass is 16.5. The van der Waals surface area contributed by atoms with Crippen molar-refractivity contribution in [2.24, 2.45) is 0 Å². The second kappa shape index (κ2) is 5.54. The quantitative estimate of drug-likeness (QED) is 0.808. The molecule has 2 aromatic heterocycles. The molecule has 1 fully saturated rings. The molecule has 0 bridgehead atoms. The molecule has 0 saturated carbocycles. The van der Waals surface area contributed by atoms with E-state index in [1.54, 1.807) is 11.6 Å². The van der Waals surface area contributed by atoms with Crippen molar-refractivity contribution in [2.45, 2.75) is 6.42 Å². The molecule has 0 unspecified atom stereocenters. The Hall–Kier alpha value is -1.66. The highest BCUT2D eigenvalue weighted by molar-refractivity contribution is 5.40. The van der Waals surface area contributed by atoms with Crippen molar-refractivity contribution in [3.8, 4) is 5.88 Å². The fraction of sp³-hybridized carbons (Fsp3) is 0.538. The summed E-state index contributed by atoms with van der Waals surface area (Å²) in [6, 6.07) is 5.75. The Balaban J connectivity index is 1.70. The molecule has 0 amide bonds. The minimum Gasteiger partial charge on any atom is -0.481 e. The Bertz CT molecular complexity index is 549. The van der Waals surface area contributed by atoms with Gasteiger partial charge in [0.15, 0.2) is 11.5 Å². The summed E-state index contributed by atoms with van der Waals surface area (Å²) in [5, 5.41) is 4.49. The van der Waals surface area contributed by atoms with Crippen molar-refractivity contribution in [1.29, 1.82) is 0 Å². The summed E-state index contributed by atoms with van der Waals surface area (Å²) in [4.78, 5) is 6.90. The molecule has 0 spiro atoms. The van der Waals surface area contributed by atoms with Crippen molar-refractivity contribution in [3.05, 3.63) is 24.0 Å². The van der Waals surface area contributed by atoms with Gasteiger partial charge in [-0.2, -0.15) is 4.52 Å². The van der Waals surface area contributed by atoms with E-state index in [4.69, 9.17) is 9.47 Å². The number of nitrogens with zero attached hydrogens (tertiary/aromatic N) is 4. The first kappa shape index (κ1) is 12.4. The van der Waals surface area contributed by atoms with E-state index in [1.165, 1.54) is 0 Å². The van der Waals surface area contributed by atoms with Crippen LogP contribution in [0.4, 0.5) is 0 Å². The monoisotopic (exact) mass is 262 g/mol. The summed E-state index contributed by atoms with van der Waals surface area (Å²) in [6.45, 7) is 4.62. The van der Waals surface area contributed by atoms with E-state index in [1.807, 2.05) is 18.2 Å². The highest BCUT2D eigenvalue weighted by Gasteiger charge is 2.12. The number of ether oxygens (including phenoxy) is 2. The lowest BCUT2D eigenvalue weighted by atomic mass is 10.3. The van der Waals surface area contributed by atoms with Crippen LogP contribution in [0.2, 0.25) is 0 Å². The van der Waals surface area contributed by atoms with E-state index in [0.29, 0.717) is 5.88 Å². The smallest absolute Gasteiger partial charge is 0.216 e. The fourth-order valence-electron chi connectivity index (χ4n) is 2.27. The Morgan fingerprint density at radius 2 is 2.16 bits per heavy atom. The first-order chi connectivity index (χ1) is 9.36. The van der Waals surface area contributed by atoms with E-state index >= 15 is 0 Å². The third-order valence-electron chi connectivity index (χ3n) is 3.33. The molecule has 1 saturated heterocycles. The summed E-state index contributed by atoms with van der Waals surface area (Å²) in [5.74, 6) is 1.57. The maximum Gasteiger partial charge on any atom is 0.216 e. The van der Waals surface area contributed by atoms with Gasteiger partial charge in [-0.05, 0) is 6.07 Å². The molecule has 0 aromatic carbocycles. The molecule has 0 aliphatic carbocycles. The van der Waals surface area contributed by atoms with E-state index < -0.39 is 0 Å². The number of fused-ring (bicyclic) bond motifs is 1. The molecule has 1 aliphatic rings. The lowest BCUT2D eigenvalue weighted by Gasteiger charge is -2.25. The fourth-order valence-corrected chi connectivity index (χ4v) is 2.27. The molecular weight excluding hydrogens is 244 g/mol. The van der Waals surface area contributed by atoms with Crippen LogP contribution in [-0.2, 0) is 11.2 Å². The predicted molar refractivity (Wildman–Crippen MR) is 70.5 cm³/mol. The molecule has 19 heavy (non-hydrogen) atoms. The number of methoxy groups -OCH3 is 1. The van der Waals surface area contributed by atoms with Crippen LogP contribution < -0.4 is 4.74 Å². The van der Waals surface area contributed by atoms with Crippen molar-refractivity contribution < 1.29 is 9.47 Å². The number of hydrogen-bond acceptors (Lipinski definition) is 5. The van der Waals surface area contributed by atoms with Crippen molar-refractivity contribution in [3.63, 3.8) is 0 Å². The number of pyridine rings is 1. The lowest BCUT2D eigenvalue weighted by Crippen LogP contribution is -2.37. The van der Waals surface area contributed by atoms with Crippen molar-refractivity contribution in [2.75, 3.05) is 40.0 Å². The number of rotatable bonds is 4. The maximum atomic E-state index is 5.34. The highest BCUT2D eigenvalue weighted by Crippen LogP contribution is 2.12. The standard InChI is InChI=1S/C13H18N4O2/c1-18-13-4-2-3-12-14-11(15-17(12)13)5-6-16-7-9-19-10-8-16/h2-4H,5-10H2,1H3. The average molecular weight is 262 g/mol. The molecule has 2 aromatic rings. The molecule has 1 aliphatic heterocycles. The van der Waals surface area contributed by atoms with Crippen LogP contribution in [0, 0.1) is 0 Å². The van der Waals surface area contributed by atoms with Crippen LogP contribution in [-0.4, -0.2) is 59.5 Å². The minimum absolute atomic E-state index is 0.711. The summed E-state index contributed by atoms with van der Waals surface area (Å²) in [7, 11) is 1.64. The first-order valence-corrected chi connectivity index (χ1v) is 6.55. The van der Waals surface area contributed by atoms with Gasteiger partial charge in [0.25, 0.3) is 0 Å². The molecule has 102 valence electrons. The zero-order valence-electron chi connectivity index (χ0n) is 11.1. The van der Waals surface area contributed by atoms with Crippen LogP contribution >= 0.6 is 0 Å². The van der Waals surface area contributed by atoms with Gasteiger partial charge in [0.2, 0.25) is 5.88 Å². The van der Waals surface area contributed by atoms with Gasteiger partial charge in [0, 0.05) is 32.1 Å². The molecular formula is C13H18N4O2. The Morgan fingerprint density at radius 3 is 2.95 bits per heavy atom. The number of aromatic nitrogens is 3. The topological polar surface area (TPSA) is 51.9 Å². The summed E-state index contributed by atoms with van der Waals surface area (Å²) in [5.41, 5.74) is 0.830. The van der Waals surface area contributed by atoms with Gasteiger partial charge in [0.05, 0.1) is 20.3 Å². The van der Waals surface area contributed by atoms with Gasteiger partial charge in [-0.1, -0.05) is 6.07 Å². The third-order valence-corrected chi connectivity index (χ3v) is 3.33. The number of hydrogen-bond donors (Lipinski definition) is 0. The summed E-state index contributed by atoms with van der Waals surface area (Å²) < 4.78 is 12.3. The summed E-state index contributed by atoms with van der Waals surface area (Å²) >= 11 is 0. The Kier molecular flexibility index (Phi) is 3.61. The van der Waals surface area contributed by atoms with E-state index in [0.717, 1.165) is 50.7 Å². The van der Waals surface area contributed by atoms with Gasteiger partial charge in [-0.15, -0.1) is 5.10 Å². The van der Waals surface area contributed by atoms with Crippen LogP contribution in [0.3, 0.4) is 0 Å². The van der Waals surface area contributed by atoms with E-state index in [2.05, 4.69) is 15.0 Å². The van der Waals surface area contributed by atoms with Crippen molar-refractivity contribution in [1.82, 2.24) is 19.5 Å². The molecule has 0 radical (unpaired) electrons. The van der Waals surface area contributed by atoms with E-state index in [-0.39, 0.29) is 0 Å². The zero-order chi connectivity index (χ0) is 13.1. The van der Waals surface area contributed by atoms with Crippen LogP contribution in [0.25, 0.3) is 5.65 Å². The first-order valence-electron chi connectivity index (χ1n) is 6.55. The van der Waals surface area contributed by atoms with Gasteiger partial charge in [0.1, 0.15) is 0 Å². The lowest BCUT2D eigenvalue weighted by molar-refractivity contribution is 0.0382. The second-order valence-electron chi connectivity index (χ2n) is 4.57. The van der Waals surface area contributed by atoms with Crippen LogP contribution in [0.15, 0.2) is 18.2 Å². The molecule has 6 nitrogen and oxygen atoms in total. The van der Waals surface area contributed by atoms with Gasteiger partial charge >= 0.3 is 0 Å². The molecule has 3 heterocycles. The SMILES string of the molecule is COc1cccc2nc(CCN3CCOCC3)nn12. The molecule has 3 rings (SSSR count). The minimum atomic E-state index is 0.711. The largest absolute Gasteiger partial charge is 0.481 e. The Labute approximate surface area is 111 Å². The van der Waals surface area contributed by atoms with Crippen LogP contribution in [0.5, 0.6) is 5.88 Å². The molecule has 0 N–H and O–H groups in total. The predicted octanol–water partition coefficient (Wildman–Crippen LogP) is 0.613. The molecule has 6 heteroatoms. The molecule has 0 atom stereocenters. The summed E-state index contributed by atoms with van der Waals surface area (Å²) in [6.07, 6.45) is 0.852. The third kappa shape index (κ3) is 2.69.